The Morgan fingerprint density at radius 1 is 0.583 bits per heavy atom. The van der Waals surface area contributed by atoms with Gasteiger partial charge < -0.3 is 14.2 Å². The second-order valence-electron chi connectivity index (χ2n) is 7.69. The molecular weight excluding hydrogens is 456 g/mol. The van der Waals surface area contributed by atoms with Gasteiger partial charge in [-0.3, -0.25) is 20.4 Å². The first-order valence-corrected chi connectivity index (χ1v) is 11.5. The van der Waals surface area contributed by atoms with Gasteiger partial charge in [-0.25, -0.2) is 0 Å². The summed E-state index contributed by atoms with van der Waals surface area (Å²) >= 11 is 0. The minimum absolute atomic E-state index is 0.248. The summed E-state index contributed by atoms with van der Waals surface area (Å²) in [5.74, 6) is 1.03. The predicted molar refractivity (Wildman–Crippen MR) is 137 cm³/mol. The Balaban J connectivity index is 1.19. The topological polar surface area (TPSA) is 85.9 Å². The number of hydrogen-bond acceptors (Lipinski definition) is 5. The molecule has 4 rings (SSSR count). The third-order valence-electron chi connectivity index (χ3n) is 5.13. The van der Waals surface area contributed by atoms with Gasteiger partial charge in [0.25, 0.3) is 11.8 Å². The average molecular weight is 483 g/mol. The maximum absolute atomic E-state index is 12.4. The number of hydrogen-bond donors (Lipinski definition) is 2. The summed E-state index contributed by atoms with van der Waals surface area (Å²) in [6.07, 6.45) is 0. The van der Waals surface area contributed by atoms with E-state index < -0.39 is 11.8 Å². The van der Waals surface area contributed by atoms with Crippen LogP contribution in [0.2, 0.25) is 0 Å². The van der Waals surface area contributed by atoms with Gasteiger partial charge in [-0.15, -0.1) is 0 Å². The molecule has 0 heterocycles. The number of amides is 2. The van der Waals surface area contributed by atoms with E-state index in [1.165, 1.54) is 0 Å². The molecule has 7 nitrogen and oxygen atoms in total. The largest absolute Gasteiger partial charge is 0.490 e. The second-order valence-corrected chi connectivity index (χ2v) is 7.69. The van der Waals surface area contributed by atoms with E-state index in [2.05, 4.69) is 10.9 Å². The Hall–Kier alpha value is -4.78. The van der Waals surface area contributed by atoms with Crippen molar-refractivity contribution >= 4 is 11.8 Å². The van der Waals surface area contributed by atoms with Gasteiger partial charge >= 0.3 is 0 Å². The molecule has 182 valence electrons. The molecular formula is C29H26N2O5. The molecule has 4 aromatic carbocycles. The standard InChI is InChI=1S/C29H26N2O5/c32-28(21-36-27-14-8-7-13-26(27)22-9-3-1-4-10-22)30-31-29(33)23-15-17-25(18-16-23)35-20-19-34-24-11-5-2-6-12-24/h1-18H,19-21H2,(H,30,32)(H,31,33). The van der Waals surface area contributed by atoms with E-state index in [1.54, 1.807) is 30.3 Å². The molecule has 0 aliphatic carbocycles. The van der Waals surface area contributed by atoms with E-state index in [4.69, 9.17) is 14.2 Å². The lowest BCUT2D eigenvalue weighted by Gasteiger charge is -2.12. The summed E-state index contributed by atoms with van der Waals surface area (Å²) in [5, 5.41) is 0. The monoisotopic (exact) mass is 482 g/mol. The zero-order valence-electron chi connectivity index (χ0n) is 19.6. The van der Waals surface area contributed by atoms with Crippen LogP contribution in [0.3, 0.4) is 0 Å². The van der Waals surface area contributed by atoms with E-state index in [9.17, 15) is 9.59 Å². The zero-order chi connectivity index (χ0) is 25.0. The van der Waals surface area contributed by atoms with Gasteiger partial charge in [-0.1, -0.05) is 66.7 Å². The molecule has 36 heavy (non-hydrogen) atoms. The van der Waals surface area contributed by atoms with Gasteiger partial charge in [-0.05, 0) is 48.0 Å². The molecule has 0 saturated heterocycles. The highest BCUT2D eigenvalue weighted by atomic mass is 16.5. The summed E-state index contributed by atoms with van der Waals surface area (Å²) in [6.45, 7) is 0.516. The van der Waals surface area contributed by atoms with Crippen molar-refractivity contribution in [2.75, 3.05) is 19.8 Å². The van der Waals surface area contributed by atoms with Gasteiger partial charge in [0, 0.05) is 11.1 Å². The molecule has 2 amide bonds. The molecule has 0 atom stereocenters. The van der Waals surface area contributed by atoms with Crippen LogP contribution < -0.4 is 25.1 Å². The zero-order valence-corrected chi connectivity index (χ0v) is 19.6. The van der Waals surface area contributed by atoms with E-state index in [1.807, 2.05) is 78.9 Å². The number of hydrazine groups is 1. The SMILES string of the molecule is O=C(COc1ccccc1-c1ccccc1)NNC(=O)c1ccc(OCCOc2ccccc2)cc1. The Morgan fingerprint density at radius 2 is 1.17 bits per heavy atom. The summed E-state index contributed by atoms with van der Waals surface area (Å²) < 4.78 is 16.9. The molecule has 0 saturated carbocycles. The summed E-state index contributed by atoms with van der Waals surface area (Å²) in [7, 11) is 0. The van der Waals surface area contributed by atoms with Gasteiger partial charge in [0.1, 0.15) is 30.5 Å². The minimum atomic E-state index is -0.482. The number of carbonyl (C=O) groups is 2. The summed E-state index contributed by atoms with van der Waals surface area (Å²) in [6, 6.07) is 33.3. The first-order chi connectivity index (χ1) is 17.7. The summed E-state index contributed by atoms with van der Waals surface area (Å²) in [5.41, 5.74) is 7.00. The van der Waals surface area contributed by atoms with Crippen molar-refractivity contribution in [1.82, 2.24) is 10.9 Å². The van der Waals surface area contributed by atoms with Crippen molar-refractivity contribution in [2.24, 2.45) is 0 Å². The Morgan fingerprint density at radius 3 is 1.86 bits per heavy atom. The summed E-state index contributed by atoms with van der Waals surface area (Å²) in [4.78, 5) is 24.6. The molecule has 0 aliphatic rings. The Labute approximate surface area is 209 Å². The predicted octanol–water partition coefficient (Wildman–Crippen LogP) is 4.65. The number of benzene rings is 4. The molecule has 0 unspecified atom stereocenters. The third kappa shape index (κ3) is 7.11. The van der Waals surface area contributed by atoms with Crippen molar-refractivity contribution in [3.63, 3.8) is 0 Å². The molecule has 4 aromatic rings. The van der Waals surface area contributed by atoms with Gasteiger partial charge in [0.05, 0.1) is 0 Å². The van der Waals surface area contributed by atoms with Crippen molar-refractivity contribution in [3.05, 3.63) is 115 Å². The number of carbonyl (C=O) groups excluding carboxylic acids is 2. The highest BCUT2D eigenvalue weighted by Gasteiger charge is 2.10. The fraction of sp³-hybridized carbons (Fsp3) is 0.103. The molecule has 0 aliphatic heterocycles. The van der Waals surface area contributed by atoms with Crippen LogP contribution in [0.4, 0.5) is 0 Å². The third-order valence-corrected chi connectivity index (χ3v) is 5.13. The van der Waals surface area contributed by atoms with E-state index >= 15 is 0 Å². The van der Waals surface area contributed by atoms with Crippen LogP contribution in [-0.2, 0) is 4.79 Å². The molecule has 2 N–H and O–H groups in total. The fourth-order valence-corrected chi connectivity index (χ4v) is 3.37. The molecule has 0 bridgehead atoms. The van der Waals surface area contributed by atoms with E-state index in [0.717, 1.165) is 16.9 Å². The lowest BCUT2D eigenvalue weighted by molar-refractivity contribution is -0.123. The van der Waals surface area contributed by atoms with Crippen LogP contribution in [0.1, 0.15) is 10.4 Å². The Bertz CT molecular complexity index is 1260. The number of ether oxygens (including phenoxy) is 3. The molecule has 0 fully saturated rings. The van der Waals surface area contributed by atoms with Crippen molar-refractivity contribution < 1.29 is 23.8 Å². The molecule has 0 aromatic heterocycles. The van der Waals surface area contributed by atoms with Crippen LogP contribution in [-0.4, -0.2) is 31.6 Å². The van der Waals surface area contributed by atoms with Crippen LogP contribution in [0, 0.1) is 0 Å². The molecule has 0 spiro atoms. The maximum Gasteiger partial charge on any atom is 0.276 e. The van der Waals surface area contributed by atoms with Gasteiger partial charge in [0.2, 0.25) is 0 Å². The number of para-hydroxylation sites is 2. The molecule has 0 radical (unpaired) electrons. The van der Waals surface area contributed by atoms with Crippen LogP contribution in [0.25, 0.3) is 11.1 Å². The minimum Gasteiger partial charge on any atom is -0.490 e. The first kappa shape index (κ1) is 24.3. The highest BCUT2D eigenvalue weighted by molar-refractivity contribution is 5.95. The van der Waals surface area contributed by atoms with Crippen LogP contribution in [0.5, 0.6) is 17.2 Å². The fourth-order valence-electron chi connectivity index (χ4n) is 3.37. The van der Waals surface area contributed by atoms with Crippen molar-refractivity contribution in [3.8, 4) is 28.4 Å². The smallest absolute Gasteiger partial charge is 0.276 e. The number of rotatable bonds is 10. The van der Waals surface area contributed by atoms with Crippen molar-refractivity contribution in [1.29, 1.82) is 0 Å². The van der Waals surface area contributed by atoms with Crippen LogP contribution >= 0.6 is 0 Å². The number of nitrogens with one attached hydrogen (secondary N) is 2. The van der Waals surface area contributed by atoms with Gasteiger partial charge in [-0.2, -0.15) is 0 Å². The van der Waals surface area contributed by atoms with E-state index in [-0.39, 0.29) is 6.61 Å². The average Bonchev–Trinajstić information content (AvgIpc) is 2.94. The lowest BCUT2D eigenvalue weighted by atomic mass is 10.1. The maximum atomic E-state index is 12.4. The molecule has 7 heteroatoms. The highest BCUT2D eigenvalue weighted by Crippen LogP contribution is 2.29. The first-order valence-electron chi connectivity index (χ1n) is 11.5. The van der Waals surface area contributed by atoms with E-state index in [0.29, 0.717) is 30.3 Å². The lowest BCUT2D eigenvalue weighted by Crippen LogP contribution is -2.43. The Kier molecular flexibility index (Phi) is 8.53. The van der Waals surface area contributed by atoms with Crippen molar-refractivity contribution in [2.45, 2.75) is 0 Å². The van der Waals surface area contributed by atoms with Crippen LogP contribution in [0.15, 0.2) is 109 Å². The normalized spacial score (nSPS) is 10.2. The second kappa shape index (κ2) is 12.6. The quantitative estimate of drug-likeness (QED) is 0.254. The van der Waals surface area contributed by atoms with Gasteiger partial charge in [0.15, 0.2) is 6.61 Å².